The first kappa shape index (κ1) is 21.4. The lowest BCUT2D eigenvalue weighted by molar-refractivity contribution is -0.385. The van der Waals surface area contributed by atoms with Crippen LogP contribution in [-0.2, 0) is 10.0 Å². The van der Waals surface area contributed by atoms with Gasteiger partial charge in [0.15, 0.2) is 0 Å². The number of β-amino-alcohol motifs (C(OH)–C–C–N with tert-alkyl or cyclic N) is 1. The average molecular weight is 442 g/mol. The average Bonchev–Trinajstić information content (AvgIpc) is 2.79. The Balaban J connectivity index is 1.39. The Hall–Kier alpha value is -2.85. The molecule has 4 rings (SSSR count). The Morgan fingerprint density at radius 2 is 1.65 bits per heavy atom. The number of nitro groups is 1. The molecule has 0 spiro atoms. The molecule has 162 valence electrons. The van der Waals surface area contributed by atoms with Crippen LogP contribution in [0.5, 0.6) is 0 Å². The van der Waals surface area contributed by atoms with Crippen LogP contribution in [0.3, 0.4) is 0 Å². The first-order valence-electron chi connectivity index (χ1n) is 9.98. The van der Waals surface area contributed by atoms with Crippen molar-refractivity contribution in [3.63, 3.8) is 0 Å². The number of aliphatic hydroxyl groups excluding tert-OH is 1. The molecule has 1 atom stereocenters. The summed E-state index contributed by atoms with van der Waals surface area (Å²) >= 11 is 0. The zero-order valence-corrected chi connectivity index (χ0v) is 17.6. The monoisotopic (exact) mass is 441 g/mol. The van der Waals surface area contributed by atoms with Crippen LogP contribution in [0.4, 0.5) is 5.69 Å². The molecular weight excluding hydrogens is 418 g/mol. The number of hydrogen-bond donors (Lipinski definition) is 1. The second-order valence-corrected chi connectivity index (χ2v) is 9.52. The van der Waals surface area contributed by atoms with Crippen molar-refractivity contribution < 1.29 is 18.4 Å². The fraction of sp³-hybridized carbons (Fsp3) is 0.273. The fourth-order valence-electron chi connectivity index (χ4n) is 3.82. The molecule has 0 aromatic heterocycles. The van der Waals surface area contributed by atoms with Crippen LogP contribution in [0.15, 0.2) is 71.6 Å². The van der Waals surface area contributed by atoms with Gasteiger partial charge in [0.2, 0.25) is 10.0 Å². The molecule has 0 aliphatic carbocycles. The molecule has 0 radical (unpaired) electrons. The Labute approximate surface area is 180 Å². The predicted octanol–water partition coefficient (Wildman–Crippen LogP) is 2.79. The van der Waals surface area contributed by atoms with Gasteiger partial charge in [0.25, 0.3) is 5.69 Å². The van der Waals surface area contributed by atoms with E-state index in [0.717, 1.165) is 22.4 Å². The zero-order valence-electron chi connectivity index (χ0n) is 16.8. The van der Waals surface area contributed by atoms with Gasteiger partial charge in [0.1, 0.15) is 0 Å². The number of piperazine rings is 1. The summed E-state index contributed by atoms with van der Waals surface area (Å²) in [7, 11) is -3.81. The largest absolute Gasteiger partial charge is 0.387 e. The van der Waals surface area contributed by atoms with E-state index < -0.39 is 21.1 Å². The summed E-state index contributed by atoms with van der Waals surface area (Å²) in [6, 6.07) is 18.9. The lowest BCUT2D eigenvalue weighted by Crippen LogP contribution is -2.49. The van der Waals surface area contributed by atoms with Crippen molar-refractivity contribution in [1.29, 1.82) is 0 Å². The van der Waals surface area contributed by atoms with E-state index in [1.54, 1.807) is 0 Å². The van der Waals surface area contributed by atoms with Gasteiger partial charge >= 0.3 is 0 Å². The van der Waals surface area contributed by atoms with E-state index in [2.05, 4.69) is 0 Å². The third-order valence-corrected chi connectivity index (χ3v) is 7.48. The van der Waals surface area contributed by atoms with E-state index in [0.29, 0.717) is 19.6 Å². The van der Waals surface area contributed by atoms with Gasteiger partial charge in [0.05, 0.1) is 15.9 Å². The van der Waals surface area contributed by atoms with Crippen LogP contribution < -0.4 is 0 Å². The summed E-state index contributed by atoms with van der Waals surface area (Å²) in [5.41, 5.74) is 0.573. The van der Waals surface area contributed by atoms with Gasteiger partial charge in [0, 0.05) is 44.9 Å². The smallest absolute Gasteiger partial charge is 0.270 e. The summed E-state index contributed by atoms with van der Waals surface area (Å²) in [5, 5.41) is 23.8. The van der Waals surface area contributed by atoms with Crippen LogP contribution in [0.1, 0.15) is 11.7 Å². The molecule has 9 heteroatoms. The van der Waals surface area contributed by atoms with Gasteiger partial charge in [-0.2, -0.15) is 4.31 Å². The van der Waals surface area contributed by atoms with Crippen molar-refractivity contribution in [3.05, 3.63) is 82.4 Å². The van der Waals surface area contributed by atoms with E-state index in [-0.39, 0.29) is 23.7 Å². The fourth-order valence-corrected chi connectivity index (χ4v) is 5.29. The maximum atomic E-state index is 12.9. The minimum Gasteiger partial charge on any atom is -0.387 e. The third-order valence-electron chi connectivity index (χ3n) is 5.59. The molecule has 1 fully saturated rings. The summed E-state index contributed by atoms with van der Waals surface area (Å²) in [6.45, 7) is 1.87. The highest BCUT2D eigenvalue weighted by atomic mass is 32.2. The summed E-state index contributed by atoms with van der Waals surface area (Å²) in [4.78, 5) is 12.3. The van der Waals surface area contributed by atoms with Crippen molar-refractivity contribution in [2.45, 2.75) is 11.0 Å². The van der Waals surface area contributed by atoms with Crippen LogP contribution in [0.2, 0.25) is 0 Å². The standard InChI is InChI=1S/C22H23N3O5S/c26-22(19-9-8-17-4-1-2-5-18(17)14-19)16-23-10-12-24(13-11-23)31(29,30)21-7-3-6-20(15-21)25(27)28/h1-9,14-15,22,26H,10-13,16H2. The van der Waals surface area contributed by atoms with Gasteiger partial charge in [-0.25, -0.2) is 8.42 Å². The summed E-state index contributed by atoms with van der Waals surface area (Å²) < 4.78 is 27.1. The minimum atomic E-state index is -3.81. The van der Waals surface area contributed by atoms with Crippen LogP contribution in [0, 0.1) is 10.1 Å². The van der Waals surface area contributed by atoms with E-state index in [9.17, 15) is 23.6 Å². The molecule has 0 saturated carbocycles. The van der Waals surface area contributed by atoms with Gasteiger partial charge in [-0.3, -0.25) is 15.0 Å². The number of non-ortho nitro benzene ring substituents is 1. The molecule has 1 heterocycles. The van der Waals surface area contributed by atoms with Crippen molar-refractivity contribution in [2.75, 3.05) is 32.7 Å². The molecule has 0 amide bonds. The quantitative estimate of drug-likeness (QED) is 0.466. The number of nitrogens with zero attached hydrogens (tertiary/aromatic N) is 3. The molecule has 1 aliphatic rings. The van der Waals surface area contributed by atoms with E-state index in [1.807, 2.05) is 47.4 Å². The number of fused-ring (bicyclic) bond motifs is 1. The van der Waals surface area contributed by atoms with E-state index in [4.69, 9.17) is 0 Å². The van der Waals surface area contributed by atoms with Crippen LogP contribution >= 0.6 is 0 Å². The summed E-state index contributed by atoms with van der Waals surface area (Å²) in [6.07, 6.45) is -0.676. The molecule has 1 saturated heterocycles. The first-order chi connectivity index (χ1) is 14.8. The highest BCUT2D eigenvalue weighted by molar-refractivity contribution is 7.89. The Morgan fingerprint density at radius 3 is 2.35 bits per heavy atom. The highest BCUT2D eigenvalue weighted by Crippen LogP contribution is 2.24. The maximum absolute atomic E-state index is 12.9. The van der Waals surface area contributed by atoms with Crippen LogP contribution in [0.25, 0.3) is 10.8 Å². The molecule has 3 aromatic carbocycles. The van der Waals surface area contributed by atoms with Crippen LogP contribution in [-0.4, -0.2) is 60.4 Å². The third kappa shape index (κ3) is 4.59. The second kappa shape index (κ2) is 8.72. The van der Waals surface area contributed by atoms with Crippen molar-refractivity contribution in [2.24, 2.45) is 0 Å². The van der Waals surface area contributed by atoms with E-state index in [1.165, 1.54) is 22.5 Å². The number of hydrogen-bond acceptors (Lipinski definition) is 6. The topological polar surface area (TPSA) is 104 Å². The molecule has 3 aromatic rings. The molecule has 1 N–H and O–H groups in total. The second-order valence-electron chi connectivity index (χ2n) is 7.58. The highest BCUT2D eigenvalue weighted by Gasteiger charge is 2.30. The minimum absolute atomic E-state index is 0.0775. The van der Waals surface area contributed by atoms with Gasteiger partial charge in [-0.15, -0.1) is 0 Å². The Morgan fingerprint density at radius 1 is 0.935 bits per heavy atom. The van der Waals surface area contributed by atoms with E-state index >= 15 is 0 Å². The summed E-state index contributed by atoms with van der Waals surface area (Å²) in [5.74, 6) is 0. The molecule has 1 aliphatic heterocycles. The number of nitro benzene ring substituents is 1. The molecule has 31 heavy (non-hydrogen) atoms. The van der Waals surface area contributed by atoms with Crippen molar-refractivity contribution >= 4 is 26.5 Å². The Bertz CT molecular complexity index is 1210. The number of sulfonamides is 1. The number of aliphatic hydroxyl groups is 1. The molecule has 1 unspecified atom stereocenters. The number of rotatable bonds is 6. The first-order valence-corrected chi connectivity index (χ1v) is 11.4. The number of benzene rings is 3. The maximum Gasteiger partial charge on any atom is 0.270 e. The molecule has 0 bridgehead atoms. The SMILES string of the molecule is O=[N+]([O-])c1cccc(S(=O)(=O)N2CCN(CC(O)c3ccc4ccccc4c3)CC2)c1. The zero-order chi connectivity index (χ0) is 22.0. The van der Waals surface area contributed by atoms with Crippen molar-refractivity contribution in [3.8, 4) is 0 Å². The lowest BCUT2D eigenvalue weighted by atomic mass is 10.0. The van der Waals surface area contributed by atoms with Crippen molar-refractivity contribution in [1.82, 2.24) is 9.21 Å². The molecular formula is C22H23N3O5S. The predicted molar refractivity (Wildman–Crippen MR) is 117 cm³/mol. The van der Waals surface area contributed by atoms with Gasteiger partial charge < -0.3 is 5.11 Å². The molecule has 8 nitrogen and oxygen atoms in total. The normalized spacial score (nSPS) is 16.9. The Kier molecular flexibility index (Phi) is 6.01. The van der Waals surface area contributed by atoms with Gasteiger partial charge in [-0.1, -0.05) is 42.5 Å². The van der Waals surface area contributed by atoms with Gasteiger partial charge in [-0.05, 0) is 28.5 Å². The lowest BCUT2D eigenvalue weighted by Gasteiger charge is -2.35.